The summed E-state index contributed by atoms with van der Waals surface area (Å²) in [5.41, 5.74) is 3.11. The molecule has 2 heterocycles. The summed E-state index contributed by atoms with van der Waals surface area (Å²) in [6.45, 7) is 5.55. The van der Waals surface area contributed by atoms with Crippen molar-refractivity contribution in [2.24, 2.45) is 11.8 Å². The van der Waals surface area contributed by atoms with Crippen LogP contribution in [0, 0.1) is 25.7 Å². The predicted octanol–water partition coefficient (Wildman–Crippen LogP) is 2.07. The third kappa shape index (κ3) is 3.45. The van der Waals surface area contributed by atoms with Crippen LogP contribution < -0.4 is 4.90 Å². The lowest BCUT2D eigenvalue weighted by Crippen LogP contribution is -2.43. The van der Waals surface area contributed by atoms with E-state index in [1.807, 2.05) is 32.0 Å². The molecule has 1 aromatic rings. The number of anilines is 1. The number of ether oxygens (including phenoxy) is 1. The topological polar surface area (TPSA) is 66.9 Å². The molecule has 6 nitrogen and oxygen atoms in total. The second-order valence-electron chi connectivity index (χ2n) is 7.25. The van der Waals surface area contributed by atoms with Gasteiger partial charge >= 0.3 is 5.97 Å². The number of likely N-dealkylation sites (tertiary alicyclic amines) is 1. The van der Waals surface area contributed by atoms with Gasteiger partial charge in [-0.3, -0.25) is 14.4 Å². The van der Waals surface area contributed by atoms with Gasteiger partial charge in [0.05, 0.1) is 18.9 Å². The van der Waals surface area contributed by atoms with Crippen molar-refractivity contribution in [3.8, 4) is 0 Å². The number of hydrogen-bond acceptors (Lipinski definition) is 4. The van der Waals surface area contributed by atoms with Crippen LogP contribution >= 0.6 is 0 Å². The average Bonchev–Trinajstić information content (AvgIpc) is 3.04. The number of carbonyl (C=O) groups excluding carboxylic acids is 3. The molecule has 1 aromatic carbocycles. The van der Waals surface area contributed by atoms with Crippen molar-refractivity contribution in [3.63, 3.8) is 0 Å². The van der Waals surface area contributed by atoms with E-state index in [-0.39, 0.29) is 36.0 Å². The van der Waals surface area contributed by atoms with Gasteiger partial charge in [-0.2, -0.15) is 0 Å². The molecule has 140 valence electrons. The maximum Gasteiger partial charge on any atom is 0.308 e. The largest absolute Gasteiger partial charge is 0.469 e. The van der Waals surface area contributed by atoms with Crippen LogP contribution in [0.2, 0.25) is 0 Å². The molecule has 0 saturated carbocycles. The normalized spacial score (nSPS) is 21.2. The first-order chi connectivity index (χ1) is 12.4. The summed E-state index contributed by atoms with van der Waals surface area (Å²) in [6, 6.07) is 5.90. The van der Waals surface area contributed by atoms with Gasteiger partial charge in [0.25, 0.3) is 0 Å². The van der Waals surface area contributed by atoms with Crippen LogP contribution in [-0.2, 0) is 19.1 Å². The molecule has 0 bridgehead atoms. The number of esters is 1. The van der Waals surface area contributed by atoms with Crippen molar-refractivity contribution in [1.29, 1.82) is 0 Å². The Bertz CT molecular complexity index is 723. The van der Waals surface area contributed by atoms with Gasteiger partial charge in [0.2, 0.25) is 11.8 Å². The van der Waals surface area contributed by atoms with Gasteiger partial charge in [0, 0.05) is 31.7 Å². The van der Waals surface area contributed by atoms with Crippen molar-refractivity contribution in [2.75, 3.05) is 31.6 Å². The van der Waals surface area contributed by atoms with Gasteiger partial charge in [-0.25, -0.2) is 0 Å². The monoisotopic (exact) mass is 358 g/mol. The average molecular weight is 358 g/mol. The summed E-state index contributed by atoms with van der Waals surface area (Å²) in [5, 5.41) is 0. The van der Waals surface area contributed by atoms with E-state index >= 15 is 0 Å². The maximum atomic E-state index is 12.9. The van der Waals surface area contributed by atoms with Gasteiger partial charge < -0.3 is 14.5 Å². The van der Waals surface area contributed by atoms with Crippen molar-refractivity contribution in [1.82, 2.24) is 4.90 Å². The summed E-state index contributed by atoms with van der Waals surface area (Å²) in [6.07, 6.45) is 1.50. The van der Waals surface area contributed by atoms with Crippen molar-refractivity contribution in [3.05, 3.63) is 29.3 Å². The first-order valence-corrected chi connectivity index (χ1v) is 9.15. The molecule has 3 rings (SSSR count). The van der Waals surface area contributed by atoms with Gasteiger partial charge in [0.1, 0.15) is 0 Å². The van der Waals surface area contributed by atoms with E-state index < -0.39 is 0 Å². The van der Waals surface area contributed by atoms with Crippen LogP contribution in [0.15, 0.2) is 18.2 Å². The number of methoxy groups -OCH3 is 1. The Morgan fingerprint density at radius 2 is 1.81 bits per heavy atom. The molecule has 0 spiro atoms. The number of benzene rings is 1. The summed E-state index contributed by atoms with van der Waals surface area (Å²) in [4.78, 5) is 40.5. The minimum Gasteiger partial charge on any atom is -0.469 e. The minimum atomic E-state index is -0.308. The van der Waals surface area contributed by atoms with Crippen LogP contribution in [0.1, 0.15) is 30.4 Å². The second kappa shape index (κ2) is 7.48. The third-order valence-electron chi connectivity index (χ3n) is 5.68. The van der Waals surface area contributed by atoms with E-state index in [1.54, 1.807) is 9.80 Å². The number of hydrogen-bond donors (Lipinski definition) is 0. The molecule has 2 amide bonds. The SMILES string of the molecule is COC(=O)C1CCN(C(=O)C2CC(=O)N(c3cccc(C)c3C)C2)CC1. The Hall–Kier alpha value is -2.37. The Balaban J connectivity index is 1.65. The van der Waals surface area contributed by atoms with E-state index in [0.717, 1.165) is 16.8 Å². The molecule has 2 aliphatic rings. The summed E-state index contributed by atoms with van der Waals surface area (Å²) < 4.78 is 4.79. The molecule has 1 unspecified atom stereocenters. The lowest BCUT2D eigenvalue weighted by molar-refractivity contribution is -0.149. The fraction of sp³-hybridized carbons (Fsp3) is 0.550. The fourth-order valence-corrected chi connectivity index (χ4v) is 3.89. The molecule has 2 fully saturated rings. The molecular weight excluding hydrogens is 332 g/mol. The number of aryl methyl sites for hydroxylation is 1. The highest BCUT2D eigenvalue weighted by Gasteiger charge is 2.39. The highest BCUT2D eigenvalue weighted by atomic mass is 16.5. The van der Waals surface area contributed by atoms with Crippen molar-refractivity contribution >= 4 is 23.5 Å². The molecule has 1 atom stereocenters. The van der Waals surface area contributed by atoms with Crippen LogP contribution in [0.3, 0.4) is 0 Å². The number of piperidine rings is 1. The van der Waals surface area contributed by atoms with Crippen molar-refractivity contribution < 1.29 is 19.1 Å². The maximum absolute atomic E-state index is 12.9. The number of nitrogens with zero attached hydrogens (tertiary/aromatic N) is 2. The Labute approximate surface area is 154 Å². The molecule has 6 heteroatoms. The van der Waals surface area contributed by atoms with E-state index in [2.05, 4.69) is 0 Å². The number of rotatable bonds is 3. The quantitative estimate of drug-likeness (QED) is 0.776. The summed E-state index contributed by atoms with van der Waals surface area (Å²) >= 11 is 0. The smallest absolute Gasteiger partial charge is 0.308 e. The predicted molar refractivity (Wildman–Crippen MR) is 97.7 cm³/mol. The van der Waals surface area contributed by atoms with Crippen LogP contribution in [0.4, 0.5) is 5.69 Å². The Kier molecular flexibility index (Phi) is 5.30. The zero-order chi connectivity index (χ0) is 18.8. The summed E-state index contributed by atoms with van der Waals surface area (Å²) in [5.74, 6) is -0.608. The molecule has 2 aliphatic heterocycles. The summed E-state index contributed by atoms with van der Waals surface area (Å²) in [7, 11) is 1.39. The van der Waals surface area contributed by atoms with Crippen LogP contribution in [0.5, 0.6) is 0 Å². The molecular formula is C20H26N2O4. The van der Waals surface area contributed by atoms with Gasteiger partial charge in [-0.1, -0.05) is 12.1 Å². The Morgan fingerprint density at radius 3 is 2.46 bits per heavy atom. The second-order valence-corrected chi connectivity index (χ2v) is 7.25. The van der Waals surface area contributed by atoms with E-state index in [0.29, 0.717) is 32.5 Å². The van der Waals surface area contributed by atoms with E-state index in [9.17, 15) is 14.4 Å². The first kappa shape index (κ1) is 18.4. The van der Waals surface area contributed by atoms with Crippen LogP contribution in [-0.4, -0.2) is 49.4 Å². The van der Waals surface area contributed by atoms with Crippen LogP contribution in [0.25, 0.3) is 0 Å². The first-order valence-electron chi connectivity index (χ1n) is 9.15. The highest BCUT2D eigenvalue weighted by molar-refractivity contribution is 6.01. The van der Waals surface area contributed by atoms with Gasteiger partial charge in [-0.05, 0) is 43.9 Å². The molecule has 0 radical (unpaired) electrons. The number of carbonyl (C=O) groups is 3. The molecule has 2 saturated heterocycles. The zero-order valence-corrected chi connectivity index (χ0v) is 15.7. The molecule has 26 heavy (non-hydrogen) atoms. The lowest BCUT2D eigenvalue weighted by Gasteiger charge is -2.32. The fourth-order valence-electron chi connectivity index (χ4n) is 3.89. The highest BCUT2D eigenvalue weighted by Crippen LogP contribution is 2.31. The minimum absolute atomic E-state index is 0.00139. The standard InChI is InChI=1S/C20H26N2O4/c1-13-5-4-6-17(14(13)2)22-12-16(11-18(22)23)19(24)21-9-7-15(8-10-21)20(25)26-3/h4-6,15-16H,7-12H2,1-3H3. The zero-order valence-electron chi connectivity index (χ0n) is 15.7. The molecule has 0 aromatic heterocycles. The third-order valence-corrected chi connectivity index (χ3v) is 5.68. The van der Waals surface area contributed by atoms with Gasteiger partial charge in [-0.15, -0.1) is 0 Å². The molecule has 0 N–H and O–H groups in total. The van der Waals surface area contributed by atoms with E-state index in [1.165, 1.54) is 7.11 Å². The van der Waals surface area contributed by atoms with Gasteiger partial charge in [0.15, 0.2) is 0 Å². The van der Waals surface area contributed by atoms with E-state index in [4.69, 9.17) is 4.74 Å². The van der Waals surface area contributed by atoms with Crippen molar-refractivity contribution in [2.45, 2.75) is 33.1 Å². The number of amides is 2. The molecule has 0 aliphatic carbocycles. The Morgan fingerprint density at radius 1 is 1.12 bits per heavy atom. The lowest BCUT2D eigenvalue weighted by atomic mass is 9.95.